The molecule has 1 aliphatic carbocycles. The Bertz CT molecular complexity index is 653. The number of amides is 2. The largest absolute Gasteiger partial charge is 0.616 e. The summed E-state index contributed by atoms with van der Waals surface area (Å²) >= 11 is -0.618. The third-order valence-electron chi connectivity index (χ3n) is 5.13. The number of hydrogen-bond donors (Lipinski definition) is 1. The number of cyclic esters (lactones) is 1. The van der Waals surface area contributed by atoms with Crippen molar-refractivity contribution in [2.75, 3.05) is 29.5 Å². The van der Waals surface area contributed by atoms with Crippen molar-refractivity contribution in [3.05, 3.63) is 29.8 Å². The van der Waals surface area contributed by atoms with Crippen LogP contribution in [0.4, 0.5) is 10.5 Å². The van der Waals surface area contributed by atoms with E-state index < -0.39 is 11.2 Å². The summed E-state index contributed by atoms with van der Waals surface area (Å²) in [5.41, 5.74) is 2.08. The van der Waals surface area contributed by atoms with Crippen LogP contribution in [-0.2, 0) is 20.7 Å². The van der Waals surface area contributed by atoms with Gasteiger partial charge in [-0.05, 0) is 23.6 Å². The number of rotatable bonds is 4. The number of carbonyl (C=O) groups excluding carboxylic acids is 2. The third kappa shape index (κ3) is 2.86. The lowest BCUT2D eigenvalue weighted by Crippen LogP contribution is -2.33. The van der Waals surface area contributed by atoms with E-state index in [-0.39, 0.29) is 18.1 Å². The van der Waals surface area contributed by atoms with Crippen LogP contribution >= 0.6 is 0 Å². The van der Waals surface area contributed by atoms with E-state index in [2.05, 4.69) is 17.4 Å². The van der Waals surface area contributed by atoms with Gasteiger partial charge in [0.05, 0.1) is 13.1 Å². The fraction of sp³-hybridized carbons (Fsp3) is 0.529. The van der Waals surface area contributed by atoms with Crippen LogP contribution in [0.25, 0.3) is 0 Å². The second kappa shape index (κ2) is 5.97. The number of fused-ring (bicyclic) bond motifs is 1. The van der Waals surface area contributed by atoms with E-state index in [1.807, 2.05) is 12.1 Å². The second-order valence-corrected chi connectivity index (χ2v) is 8.32. The molecule has 128 valence electrons. The Kier molecular flexibility index (Phi) is 3.92. The molecule has 5 atom stereocenters. The maximum Gasteiger partial charge on any atom is 0.414 e. The van der Waals surface area contributed by atoms with Gasteiger partial charge in [-0.2, -0.15) is 0 Å². The SMILES string of the molecule is CC(=O)NC[C@H]1CN(c2ccc([C@H]3[C@@H]4C[S+]([O-])C[C@@H]43)cc2)C(=O)O1. The van der Waals surface area contributed by atoms with E-state index in [1.54, 1.807) is 4.90 Å². The van der Waals surface area contributed by atoms with Gasteiger partial charge in [0.2, 0.25) is 5.91 Å². The lowest BCUT2D eigenvalue weighted by molar-refractivity contribution is -0.119. The molecule has 1 aromatic rings. The minimum absolute atomic E-state index is 0.134. The molecule has 1 unspecified atom stereocenters. The zero-order chi connectivity index (χ0) is 16.8. The Labute approximate surface area is 143 Å². The average Bonchev–Trinajstić information content (AvgIpc) is 2.89. The molecule has 0 radical (unpaired) electrons. The van der Waals surface area contributed by atoms with Crippen molar-refractivity contribution < 1.29 is 18.9 Å². The lowest BCUT2D eigenvalue weighted by atomic mass is 10.1. The number of benzene rings is 1. The van der Waals surface area contributed by atoms with Crippen molar-refractivity contribution in [3.63, 3.8) is 0 Å². The number of hydrogen-bond acceptors (Lipinski definition) is 4. The average molecular weight is 348 g/mol. The van der Waals surface area contributed by atoms with E-state index >= 15 is 0 Å². The number of nitrogens with one attached hydrogen (secondary N) is 1. The normalized spacial score (nSPS) is 34.0. The van der Waals surface area contributed by atoms with Gasteiger partial charge in [0, 0.05) is 24.4 Å². The molecule has 0 bridgehead atoms. The Morgan fingerprint density at radius 1 is 1.33 bits per heavy atom. The third-order valence-corrected chi connectivity index (χ3v) is 6.64. The molecule has 1 N–H and O–H groups in total. The zero-order valence-corrected chi connectivity index (χ0v) is 14.3. The molecule has 24 heavy (non-hydrogen) atoms. The summed E-state index contributed by atoms with van der Waals surface area (Å²) in [6, 6.07) is 8.02. The van der Waals surface area contributed by atoms with E-state index in [1.165, 1.54) is 12.5 Å². The van der Waals surface area contributed by atoms with Crippen LogP contribution in [-0.4, -0.2) is 47.3 Å². The first-order valence-electron chi connectivity index (χ1n) is 8.20. The summed E-state index contributed by atoms with van der Waals surface area (Å²) in [6.07, 6.45) is -0.698. The molecule has 2 aliphatic heterocycles. The van der Waals surface area contributed by atoms with Crippen molar-refractivity contribution >= 4 is 28.9 Å². The molecule has 2 heterocycles. The van der Waals surface area contributed by atoms with Gasteiger partial charge >= 0.3 is 6.09 Å². The van der Waals surface area contributed by atoms with Crippen LogP contribution in [0.5, 0.6) is 0 Å². The molecule has 6 nitrogen and oxygen atoms in total. The van der Waals surface area contributed by atoms with Crippen LogP contribution in [0, 0.1) is 11.8 Å². The van der Waals surface area contributed by atoms with E-state index in [9.17, 15) is 14.1 Å². The number of anilines is 1. The topological polar surface area (TPSA) is 81.7 Å². The van der Waals surface area contributed by atoms with Crippen LogP contribution in [0.1, 0.15) is 18.4 Å². The van der Waals surface area contributed by atoms with Gasteiger partial charge in [0.25, 0.3) is 0 Å². The number of ether oxygens (including phenoxy) is 1. The predicted octanol–water partition coefficient (Wildman–Crippen LogP) is 1.24. The molecule has 1 saturated carbocycles. The highest BCUT2D eigenvalue weighted by Crippen LogP contribution is 2.59. The van der Waals surface area contributed by atoms with Crippen molar-refractivity contribution in [1.29, 1.82) is 0 Å². The minimum Gasteiger partial charge on any atom is -0.616 e. The molecule has 2 amide bonds. The van der Waals surface area contributed by atoms with Crippen LogP contribution in [0.15, 0.2) is 24.3 Å². The first-order valence-corrected chi connectivity index (χ1v) is 9.69. The fourth-order valence-electron chi connectivity index (χ4n) is 3.86. The first-order chi connectivity index (χ1) is 11.5. The fourth-order valence-corrected chi connectivity index (χ4v) is 5.77. The summed E-state index contributed by atoms with van der Waals surface area (Å²) in [5, 5.41) is 2.67. The molecule has 7 heteroatoms. The molecular formula is C17H20N2O4S. The highest BCUT2D eigenvalue weighted by molar-refractivity contribution is 7.91. The standard InChI is InChI=1S/C17H20N2O4S/c1-10(20)18-6-13-7-19(17(21)23-13)12-4-2-11(3-5-12)16-14-8-24(22)9-15(14)16/h2-5,13-16H,6-9H2,1H3,(H,18,20)/t13-,14-,15+,16+,24?/m0/s1. The Morgan fingerprint density at radius 2 is 2.00 bits per heavy atom. The lowest BCUT2D eigenvalue weighted by Gasteiger charge is -2.14. The van der Waals surface area contributed by atoms with Crippen molar-refractivity contribution in [1.82, 2.24) is 5.32 Å². The molecule has 0 aromatic heterocycles. The highest BCUT2D eigenvalue weighted by Gasteiger charge is 2.59. The smallest absolute Gasteiger partial charge is 0.414 e. The van der Waals surface area contributed by atoms with E-state index in [0.717, 1.165) is 17.2 Å². The van der Waals surface area contributed by atoms with E-state index in [4.69, 9.17) is 4.74 Å². The van der Waals surface area contributed by atoms with Gasteiger partial charge in [0.15, 0.2) is 0 Å². The summed E-state index contributed by atoms with van der Waals surface area (Å²) in [4.78, 5) is 24.6. The Balaban J connectivity index is 1.39. The van der Waals surface area contributed by atoms with Gasteiger partial charge in [0.1, 0.15) is 17.6 Å². The van der Waals surface area contributed by atoms with Crippen molar-refractivity contribution in [2.45, 2.75) is 18.9 Å². The molecule has 3 fully saturated rings. The predicted molar refractivity (Wildman–Crippen MR) is 90.3 cm³/mol. The Hall–Kier alpha value is -1.73. The van der Waals surface area contributed by atoms with Gasteiger partial charge in [-0.25, -0.2) is 4.79 Å². The van der Waals surface area contributed by atoms with Crippen LogP contribution in [0.3, 0.4) is 0 Å². The first kappa shape index (κ1) is 15.8. The highest BCUT2D eigenvalue weighted by atomic mass is 32.2. The Morgan fingerprint density at radius 3 is 2.62 bits per heavy atom. The van der Waals surface area contributed by atoms with Gasteiger partial charge in [-0.1, -0.05) is 23.3 Å². The summed E-state index contributed by atoms with van der Waals surface area (Å²) in [5.74, 6) is 3.23. The maximum absolute atomic E-state index is 12.0. The summed E-state index contributed by atoms with van der Waals surface area (Å²) in [6.45, 7) is 2.21. The van der Waals surface area contributed by atoms with Gasteiger partial charge in [-0.15, -0.1) is 0 Å². The zero-order valence-electron chi connectivity index (χ0n) is 13.4. The number of nitrogens with zero attached hydrogens (tertiary/aromatic N) is 1. The molecular weight excluding hydrogens is 328 g/mol. The van der Waals surface area contributed by atoms with E-state index in [0.29, 0.717) is 30.8 Å². The van der Waals surface area contributed by atoms with Crippen LogP contribution < -0.4 is 10.2 Å². The monoisotopic (exact) mass is 348 g/mol. The number of carbonyl (C=O) groups is 2. The van der Waals surface area contributed by atoms with Crippen molar-refractivity contribution in [2.24, 2.45) is 11.8 Å². The quantitative estimate of drug-likeness (QED) is 0.830. The minimum atomic E-state index is -0.618. The maximum atomic E-state index is 12.0. The van der Waals surface area contributed by atoms with Gasteiger partial charge < -0.3 is 14.6 Å². The molecule has 3 aliphatic rings. The molecule has 1 aromatic carbocycles. The molecule has 0 spiro atoms. The van der Waals surface area contributed by atoms with Crippen LogP contribution in [0.2, 0.25) is 0 Å². The van der Waals surface area contributed by atoms with Gasteiger partial charge in [-0.3, -0.25) is 9.69 Å². The summed E-state index contributed by atoms with van der Waals surface area (Å²) < 4.78 is 16.8. The van der Waals surface area contributed by atoms with Crippen molar-refractivity contribution in [3.8, 4) is 0 Å². The second-order valence-electron chi connectivity index (χ2n) is 6.77. The molecule has 4 rings (SSSR count). The summed E-state index contributed by atoms with van der Waals surface area (Å²) in [7, 11) is 0. The molecule has 2 saturated heterocycles.